The summed E-state index contributed by atoms with van der Waals surface area (Å²) in [5.41, 5.74) is -2.03. The molecule has 0 bridgehead atoms. The Labute approximate surface area is 291 Å². The third kappa shape index (κ3) is 14.5. The lowest BCUT2D eigenvalue weighted by Crippen LogP contribution is -2.63. The van der Waals surface area contributed by atoms with Crippen LogP contribution in [-0.2, 0) is 38.2 Å². The topological polar surface area (TPSA) is 177 Å². The molecule has 0 spiro atoms. The van der Waals surface area contributed by atoms with E-state index in [2.05, 4.69) is 16.0 Å². The molecule has 49 heavy (non-hydrogen) atoms. The Morgan fingerprint density at radius 2 is 1.43 bits per heavy atom. The Balaban J connectivity index is 2.57. The average Bonchev–Trinajstić information content (AvgIpc) is 2.91. The maximum atomic E-state index is 14.5. The van der Waals surface area contributed by atoms with Gasteiger partial charge in [0.15, 0.2) is 12.1 Å². The second-order valence-corrected chi connectivity index (χ2v) is 16.5. The van der Waals surface area contributed by atoms with Gasteiger partial charge in [0.1, 0.15) is 29.4 Å². The molecule has 0 aliphatic carbocycles. The molecule has 0 radical (unpaired) electrons. The first-order chi connectivity index (χ1) is 22.3. The number of nitrogens with zero attached hydrogens (tertiary/aromatic N) is 3. The fourth-order valence-corrected chi connectivity index (χ4v) is 5.15. The summed E-state index contributed by atoms with van der Waals surface area (Å²) in [7, 11) is 0. The number of amidine groups is 2. The van der Waals surface area contributed by atoms with E-state index in [1.165, 1.54) is 4.90 Å². The fraction of sp³-hybridized carbons (Fsp3) is 0.800. The summed E-state index contributed by atoms with van der Waals surface area (Å²) in [6.45, 7) is 23.5. The van der Waals surface area contributed by atoms with Crippen molar-refractivity contribution in [2.75, 3.05) is 19.7 Å². The molecule has 2 aliphatic rings. The third-order valence-electron chi connectivity index (χ3n) is 7.23. The van der Waals surface area contributed by atoms with Crippen molar-refractivity contribution in [3.05, 3.63) is 0 Å². The molecule has 0 saturated carbocycles. The SMILES string of the molecule is CC(C)C[C@H]1C(=N[C@H](C(=O)OC(C)(C)C)C(C)C)NC(=O)CN1C(=O)[C@H](COC(C)(C)C)N=C1NC(=O)CN[C@H]1CCC(=O)OC(C)(C)C. The highest BCUT2D eigenvalue weighted by molar-refractivity contribution is 6.09. The lowest BCUT2D eigenvalue weighted by molar-refractivity contribution is -0.157. The summed E-state index contributed by atoms with van der Waals surface area (Å²) in [6, 6.07) is -3.32. The molecule has 2 fully saturated rings. The second kappa shape index (κ2) is 17.0. The molecular formula is C35H60N6O8. The molecule has 0 unspecified atom stereocenters. The number of carbonyl (C=O) groups is 5. The molecule has 0 aromatic rings. The normalized spacial score (nSPS) is 22.2. The molecule has 2 aliphatic heterocycles. The number of nitrogens with one attached hydrogen (secondary N) is 3. The summed E-state index contributed by atoms with van der Waals surface area (Å²) < 4.78 is 17.1. The van der Waals surface area contributed by atoms with E-state index in [0.29, 0.717) is 6.42 Å². The summed E-state index contributed by atoms with van der Waals surface area (Å²) in [5.74, 6) is -2.04. The number of piperazine rings is 2. The van der Waals surface area contributed by atoms with E-state index >= 15 is 0 Å². The Morgan fingerprint density at radius 3 is 1.96 bits per heavy atom. The van der Waals surface area contributed by atoms with Crippen LogP contribution in [0, 0.1) is 11.8 Å². The van der Waals surface area contributed by atoms with Crippen molar-refractivity contribution in [2.24, 2.45) is 21.8 Å². The van der Waals surface area contributed by atoms with Crippen LogP contribution in [0.25, 0.3) is 0 Å². The number of esters is 2. The minimum Gasteiger partial charge on any atom is -0.460 e. The fourth-order valence-electron chi connectivity index (χ4n) is 5.15. The molecule has 3 amide bonds. The summed E-state index contributed by atoms with van der Waals surface area (Å²) in [4.78, 5) is 76.8. The highest BCUT2D eigenvalue weighted by atomic mass is 16.6. The summed E-state index contributed by atoms with van der Waals surface area (Å²) in [6.07, 6.45) is 0.748. The number of ether oxygens (including phenoxy) is 3. The van der Waals surface area contributed by atoms with E-state index in [4.69, 9.17) is 24.2 Å². The lowest BCUT2D eigenvalue weighted by Gasteiger charge is -2.39. The smallest absolute Gasteiger partial charge is 0.331 e. The summed E-state index contributed by atoms with van der Waals surface area (Å²) >= 11 is 0. The van der Waals surface area contributed by atoms with Gasteiger partial charge in [-0.15, -0.1) is 0 Å². The van der Waals surface area contributed by atoms with Crippen molar-refractivity contribution in [1.82, 2.24) is 20.9 Å². The number of aliphatic imine (C=N–C) groups is 2. The van der Waals surface area contributed by atoms with Gasteiger partial charge in [0, 0.05) is 6.42 Å². The number of carbonyl (C=O) groups excluding carboxylic acids is 5. The van der Waals surface area contributed by atoms with Crippen LogP contribution in [0.3, 0.4) is 0 Å². The minimum atomic E-state index is -1.16. The van der Waals surface area contributed by atoms with Gasteiger partial charge >= 0.3 is 11.9 Å². The molecule has 3 N–H and O–H groups in total. The van der Waals surface area contributed by atoms with Gasteiger partial charge in [-0.05, 0) is 87.0 Å². The number of hydrogen-bond donors (Lipinski definition) is 3. The largest absolute Gasteiger partial charge is 0.460 e. The first-order valence-electron chi connectivity index (χ1n) is 17.2. The zero-order chi connectivity index (χ0) is 37.5. The van der Waals surface area contributed by atoms with E-state index in [0.717, 1.165) is 0 Å². The standard InChI is InChI=1S/C35H60N6O8/c1-20(2)16-24-30(40-28(21(3)4)32(46)49-35(11,12)13)39-26(43)18-41(24)31(45)23(19-47-33(5,6)7)37-29-22(36-17-25(42)38-29)14-15-27(44)48-34(8,9)10/h20-24,28,36H,14-19H2,1-13H3,(H,37,38,42)(H,39,40,43)/t22-,23-,24-,28-/m0/s1. The molecule has 2 heterocycles. The number of hydrogen-bond acceptors (Lipinski definition) is 11. The average molecular weight is 693 g/mol. The van der Waals surface area contributed by atoms with E-state index in [9.17, 15) is 24.0 Å². The van der Waals surface area contributed by atoms with E-state index in [-0.39, 0.29) is 62.0 Å². The molecule has 4 atom stereocenters. The van der Waals surface area contributed by atoms with Crippen LogP contribution in [0.1, 0.15) is 109 Å². The van der Waals surface area contributed by atoms with Crippen molar-refractivity contribution >= 4 is 41.3 Å². The van der Waals surface area contributed by atoms with E-state index in [1.54, 1.807) is 41.5 Å². The van der Waals surface area contributed by atoms with Crippen LogP contribution < -0.4 is 16.0 Å². The van der Waals surface area contributed by atoms with Crippen molar-refractivity contribution in [1.29, 1.82) is 0 Å². The van der Waals surface area contributed by atoms with Gasteiger partial charge in [-0.1, -0.05) is 27.7 Å². The van der Waals surface area contributed by atoms with Crippen molar-refractivity contribution < 1.29 is 38.2 Å². The summed E-state index contributed by atoms with van der Waals surface area (Å²) in [5, 5.41) is 8.69. The van der Waals surface area contributed by atoms with E-state index < -0.39 is 64.7 Å². The third-order valence-corrected chi connectivity index (χ3v) is 7.23. The Bertz CT molecular complexity index is 1270. The minimum absolute atomic E-state index is 0.00631. The Hall–Kier alpha value is -3.39. The zero-order valence-electron chi connectivity index (χ0n) is 31.8. The van der Waals surface area contributed by atoms with Crippen LogP contribution in [-0.4, -0.2) is 107 Å². The molecule has 2 saturated heterocycles. The molecule has 2 rings (SSSR count). The monoisotopic (exact) mass is 692 g/mol. The Morgan fingerprint density at radius 1 is 0.837 bits per heavy atom. The second-order valence-electron chi connectivity index (χ2n) is 16.5. The van der Waals surface area contributed by atoms with Crippen LogP contribution in [0.4, 0.5) is 0 Å². The van der Waals surface area contributed by atoms with Crippen LogP contribution >= 0.6 is 0 Å². The molecule has 0 aromatic carbocycles. The quantitative estimate of drug-likeness (QED) is 0.260. The van der Waals surface area contributed by atoms with Gasteiger partial charge in [-0.25, -0.2) is 4.79 Å². The van der Waals surface area contributed by atoms with Crippen LogP contribution in [0.5, 0.6) is 0 Å². The molecule has 14 nitrogen and oxygen atoms in total. The van der Waals surface area contributed by atoms with Gasteiger partial charge in [0.25, 0.3) is 5.91 Å². The zero-order valence-corrected chi connectivity index (χ0v) is 31.8. The van der Waals surface area contributed by atoms with Gasteiger partial charge in [-0.2, -0.15) is 0 Å². The van der Waals surface area contributed by atoms with E-state index in [1.807, 2.05) is 48.5 Å². The lowest BCUT2D eigenvalue weighted by atomic mass is 9.97. The van der Waals surface area contributed by atoms with Gasteiger partial charge in [-0.3, -0.25) is 34.5 Å². The molecule has 0 aromatic heterocycles. The van der Waals surface area contributed by atoms with Gasteiger partial charge in [0.2, 0.25) is 11.8 Å². The first kappa shape index (κ1) is 41.8. The highest BCUT2D eigenvalue weighted by Gasteiger charge is 2.41. The number of rotatable bonds is 12. The van der Waals surface area contributed by atoms with Crippen molar-refractivity contribution in [3.63, 3.8) is 0 Å². The van der Waals surface area contributed by atoms with Crippen molar-refractivity contribution in [2.45, 2.75) is 150 Å². The maximum Gasteiger partial charge on any atom is 0.331 e. The van der Waals surface area contributed by atoms with Crippen molar-refractivity contribution in [3.8, 4) is 0 Å². The maximum absolute atomic E-state index is 14.5. The highest BCUT2D eigenvalue weighted by Crippen LogP contribution is 2.22. The Kier molecular flexibility index (Phi) is 14.5. The van der Waals surface area contributed by atoms with Gasteiger partial charge < -0.3 is 29.7 Å². The number of amides is 3. The molecule has 278 valence electrons. The predicted molar refractivity (Wildman–Crippen MR) is 187 cm³/mol. The molecule has 14 heteroatoms. The van der Waals surface area contributed by atoms with Crippen LogP contribution in [0.15, 0.2) is 9.98 Å². The first-order valence-corrected chi connectivity index (χ1v) is 17.2. The van der Waals surface area contributed by atoms with Crippen LogP contribution in [0.2, 0.25) is 0 Å². The predicted octanol–water partition coefficient (Wildman–Crippen LogP) is 2.92. The molecular weight excluding hydrogens is 632 g/mol. The van der Waals surface area contributed by atoms with Gasteiger partial charge in [0.05, 0.1) is 30.8 Å².